The van der Waals surface area contributed by atoms with E-state index >= 15 is 0 Å². The van der Waals surface area contributed by atoms with E-state index in [1.54, 1.807) is 13.0 Å². The Morgan fingerprint density at radius 2 is 1.94 bits per heavy atom. The first-order chi connectivity index (χ1) is 8.49. The molecule has 0 heterocycles. The molecule has 0 spiro atoms. The Bertz CT molecular complexity index is 446. The van der Waals surface area contributed by atoms with Crippen molar-refractivity contribution in [1.29, 1.82) is 0 Å². The maximum absolute atomic E-state index is 13.0. The summed E-state index contributed by atoms with van der Waals surface area (Å²) in [6.45, 7) is 1.62. The number of unbranched alkanes of at least 4 members (excludes halogenated alkanes) is 1. The van der Waals surface area contributed by atoms with Crippen LogP contribution in [0.4, 0.5) is 10.1 Å². The highest BCUT2D eigenvalue weighted by Gasteiger charge is 2.05. The van der Waals surface area contributed by atoms with E-state index in [9.17, 15) is 14.0 Å². The van der Waals surface area contributed by atoms with Crippen molar-refractivity contribution in [3.05, 3.63) is 29.6 Å². The number of amides is 1. The van der Waals surface area contributed by atoms with Crippen molar-refractivity contribution in [1.82, 2.24) is 0 Å². The van der Waals surface area contributed by atoms with Crippen LogP contribution in [0.15, 0.2) is 18.2 Å². The molecule has 0 aliphatic heterocycles. The Morgan fingerprint density at radius 1 is 1.28 bits per heavy atom. The standard InChI is InChI=1S/C13H16FNO3/c1-9-8-10(6-7-11(9)14)15-12(16)4-2-3-5-13(17)18/h6-8H,2-5H2,1H3,(H,15,16)(H,17,18). The number of hydrogen-bond acceptors (Lipinski definition) is 2. The second-order valence-corrected chi connectivity index (χ2v) is 4.11. The van der Waals surface area contributed by atoms with Crippen LogP contribution in [0.5, 0.6) is 0 Å². The second-order valence-electron chi connectivity index (χ2n) is 4.11. The lowest BCUT2D eigenvalue weighted by Gasteiger charge is -2.06. The van der Waals surface area contributed by atoms with Gasteiger partial charge in [-0.05, 0) is 43.5 Å². The Labute approximate surface area is 105 Å². The van der Waals surface area contributed by atoms with Gasteiger partial charge in [-0.1, -0.05) is 0 Å². The van der Waals surface area contributed by atoms with E-state index in [0.717, 1.165) is 0 Å². The monoisotopic (exact) mass is 253 g/mol. The number of anilines is 1. The average Bonchev–Trinajstić information content (AvgIpc) is 2.29. The van der Waals surface area contributed by atoms with Crippen molar-refractivity contribution < 1.29 is 19.1 Å². The highest BCUT2D eigenvalue weighted by Crippen LogP contribution is 2.14. The summed E-state index contributed by atoms with van der Waals surface area (Å²) in [4.78, 5) is 21.8. The molecule has 1 aromatic carbocycles. The zero-order chi connectivity index (χ0) is 13.5. The number of aryl methyl sites for hydroxylation is 1. The molecule has 0 unspecified atom stereocenters. The first-order valence-corrected chi connectivity index (χ1v) is 5.77. The summed E-state index contributed by atoms with van der Waals surface area (Å²) in [6.07, 6.45) is 1.34. The van der Waals surface area contributed by atoms with Gasteiger partial charge in [-0.3, -0.25) is 9.59 Å². The Kier molecular flexibility index (Phi) is 5.30. The highest BCUT2D eigenvalue weighted by atomic mass is 19.1. The molecular weight excluding hydrogens is 237 g/mol. The minimum Gasteiger partial charge on any atom is -0.481 e. The largest absolute Gasteiger partial charge is 0.481 e. The molecule has 0 atom stereocenters. The van der Waals surface area contributed by atoms with E-state index in [4.69, 9.17) is 5.11 Å². The van der Waals surface area contributed by atoms with Crippen molar-refractivity contribution >= 4 is 17.6 Å². The topological polar surface area (TPSA) is 66.4 Å². The third-order valence-electron chi connectivity index (χ3n) is 2.49. The lowest BCUT2D eigenvalue weighted by atomic mass is 10.1. The van der Waals surface area contributed by atoms with Crippen molar-refractivity contribution in [2.45, 2.75) is 32.6 Å². The van der Waals surface area contributed by atoms with Crippen LogP contribution < -0.4 is 5.32 Å². The number of aliphatic carboxylic acids is 1. The normalized spacial score (nSPS) is 10.1. The maximum atomic E-state index is 13.0. The van der Waals surface area contributed by atoms with Crippen LogP contribution >= 0.6 is 0 Å². The highest BCUT2D eigenvalue weighted by molar-refractivity contribution is 5.90. The van der Waals surface area contributed by atoms with E-state index < -0.39 is 5.97 Å². The Morgan fingerprint density at radius 3 is 2.56 bits per heavy atom. The molecule has 0 fully saturated rings. The van der Waals surface area contributed by atoms with Gasteiger partial charge in [0.15, 0.2) is 0 Å². The summed E-state index contributed by atoms with van der Waals surface area (Å²) < 4.78 is 13.0. The van der Waals surface area contributed by atoms with Crippen LogP contribution in [0.25, 0.3) is 0 Å². The van der Waals surface area contributed by atoms with Crippen LogP contribution in [0.1, 0.15) is 31.2 Å². The minimum absolute atomic E-state index is 0.0724. The number of carboxylic acid groups (broad SMARTS) is 1. The number of carbonyl (C=O) groups excluding carboxylic acids is 1. The molecular formula is C13H16FNO3. The van der Waals surface area contributed by atoms with E-state index in [2.05, 4.69) is 5.32 Å². The SMILES string of the molecule is Cc1cc(NC(=O)CCCCC(=O)O)ccc1F. The maximum Gasteiger partial charge on any atom is 0.303 e. The fourth-order valence-electron chi connectivity index (χ4n) is 1.51. The van der Waals surface area contributed by atoms with Gasteiger partial charge in [0, 0.05) is 18.5 Å². The summed E-state index contributed by atoms with van der Waals surface area (Å²) in [6, 6.07) is 4.36. The number of halogens is 1. The van der Waals surface area contributed by atoms with Crippen molar-refractivity contribution in [2.24, 2.45) is 0 Å². The van der Waals surface area contributed by atoms with Gasteiger partial charge in [-0.15, -0.1) is 0 Å². The molecule has 2 N–H and O–H groups in total. The summed E-state index contributed by atoms with van der Waals surface area (Å²) in [5.41, 5.74) is 1.02. The van der Waals surface area contributed by atoms with Crippen LogP contribution in [-0.4, -0.2) is 17.0 Å². The predicted octanol–water partition coefficient (Wildman–Crippen LogP) is 2.72. The van der Waals surface area contributed by atoms with E-state index in [0.29, 0.717) is 24.1 Å². The number of carbonyl (C=O) groups is 2. The van der Waals surface area contributed by atoms with Crippen LogP contribution in [-0.2, 0) is 9.59 Å². The minimum atomic E-state index is -0.857. The Balaban J connectivity index is 2.35. The quantitative estimate of drug-likeness (QED) is 0.766. The van der Waals surface area contributed by atoms with Crippen LogP contribution in [0.2, 0.25) is 0 Å². The number of benzene rings is 1. The van der Waals surface area contributed by atoms with Gasteiger partial charge in [-0.25, -0.2) is 4.39 Å². The smallest absolute Gasteiger partial charge is 0.303 e. The first-order valence-electron chi connectivity index (χ1n) is 5.77. The van der Waals surface area contributed by atoms with Crippen LogP contribution in [0.3, 0.4) is 0 Å². The third-order valence-corrected chi connectivity index (χ3v) is 2.49. The molecule has 0 saturated carbocycles. The van der Waals surface area contributed by atoms with E-state index in [1.807, 2.05) is 0 Å². The molecule has 0 saturated heterocycles. The molecule has 0 radical (unpaired) electrons. The third kappa shape index (κ3) is 4.95. The molecule has 0 aliphatic carbocycles. The molecule has 1 amide bonds. The summed E-state index contributed by atoms with van der Waals surface area (Å²) >= 11 is 0. The zero-order valence-corrected chi connectivity index (χ0v) is 10.2. The number of hydrogen-bond donors (Lipinski definition) is 2. The van der Waals surface area contributed by atoms with Crippen LogP contribution in [0, 0.1) is 12.7 Å². The van der Waals surface area contributed by atoms with Crippen molar-refractivity contribution in [2.75, 3.05) is 5.32 Å². The van der Waals surface area contributed by atoms with Gasteiger partial charge in [-0.2, -0.15) is 0 Å². The molecule has 1 aromatic rings. The van der Waals surface area contributed by atoms with Crippen molar-refractivity contribution in [3.8, 4) is 0 Å². The second kappa shape index (κ2) is 6.74. The van der Waals surface area contributed by atoms with Gasteiger partial charge >= 0.3 is 5.97 Å². The predicted molar refractivity (Wildman–Crippen MR) is 65.9 cm³/mol. The van der Waals surface area contributed by atoms with E-state index in [-0.39, 0.29) is 24.6 Å². The lowest BCUT2D eigenvalue weighted by molar-refractivity contribution is -0.137. The number of nitrogens with one attached hydrogen (secondary N) is 1. The average molecular weight is 253 g/mol. The van der Waals surface area contributed by atoms with E-state index in [1.165, 1.54) is 12.1 Å². The number of carboxylic acids is 1. The summed E-state index contributed by atoms with van der Waals surface area (Å²) in [7, 11) is 0. The van der Waals surface area contributed by atoms with Gasteiger partial charge < -0.3 is 10.4 Å². The molecule has 0 bridgehead atoms. The molecule has 0 aromatic heterocycles. The number of rotatable bonds is 6. The van der Waals surface area contributed by atoms with Gasteiger partial charge in [0.05, 0.1) is 0 Å². The Hall–Kier alpha value is -1.91. The first kappa shape index (κ1) is 14.2. The summed E-state index contributed by atoms with van der Waals surface area (Å²) in [5, 5.41) is 11.1. The fraction of sp³-hybridized carbons (Fsp3) is 0.385. The molecule has 0 aliphatic rings. The zero-order valence-electron chi connectivity index (χ0n) is 10.2. The molecule has 98 valence electrons. The van der Waals surface area contributed by atoms with Gasteiger partial charge in [0.1, 0.15) is 5.82 Å². The molecule has 18 heavy (non-hydrogen) atoms. The van der Waals surface area contributed by atoms with Gasteiger partial charge in [0.2, 0.25) is 5.91 Å². The lowest BCUT2D eigenvalue weighted by Crippen LogP contribution is -2.11. The molecule has 4 nitrogen and oxygen atoms in total. The molecule has 5 heteroatoms. The fourth-order valence-corrected chi connectivity index (χ4v) is 1.51. The summed E-state index contributed by atoms with van der Waals surface area (Å²) in [5.74, 6) is -1.36. The van der Waals surface area contributed by atoms with Crippen molar-refractivity contribution in [3.63, 3.8) is 0 Å². The molecule has 1 rings (SSSR count). The van der Waals surface area contributed by atoms with Gasteiger partial charge in [0.25, 0.3) is 0 Å².